The third-order valence-electron chi connectivity index (χ3n) is 5.71. The average Bonchev–Trinajstić information content (AvgIpc) is 3.13. The van der Waals surface area contributed by atoms with Crippen LogP contribution < -0.4 is 10.1 Å². The van der Waals surface area contributed by atoms with E-state index >= 15 is 0 Å². The summed E-state index contributed by atoms with van der Waals surface area (Å²) in [7, 11) is 1.42. The number of carbonyl (C=O) groups is 2. The van der Waals surface area contributed by atoms with Crippen LogP contribution in [0, 0.1) is 0 Å². The Morgan fingerprint density at radius 3 is 2.24 bits per heavy atom. The van der Waals surface area contributed by atoms with Gasteiger partial charge in [0.15, 0.2) is 11.5 Å². The zero-order valence-corrected chi connectivity index (χ0v) is 19.3. The van der Waals surface area contributed by atoms with Gasteiger partial charge in [-0.2, -0.15) is 0 Å². The van der Waals surface area contributed by atoms with Crippen LogP contribution in [0.2, 0.25) is 0 Å². The van der Waals surface area contributed by atoms with Crippen molar-refractivity contribution in [1.29, 1.82) is 0 Å². The molecule has 3 N–H and O–H groups in total. The number of phenols is 1. The van der Waals surface area contributed by atoms with Crippen molar-refractivity contribution in [2.75, 3.05) is 13.7 Å². The molecule has 1 amide bonds. The highest BCUT2D eigenvalue weighted by Crippen LogP contribution is 2.44. The highest BCUT2D eigenvalue weighted by Gasteiger charge is 2.30. The molecule has 1 aliphatic carbocycles. The largest absolute Gasteiger partial charge is 0.504 e. The second kappa shape index (κ2) is 9.54. The Kier molecular flexibility index (Phi) is 6.55. The maximum atomic E-state index is 12.5. The van der Waals surface area contributed by atoms with Crippen molar-refractivity contribution in [3.8, 4) is 22.6 Å². The van der Waals surface area contributed by atoms with Crippen molar-refractivity contribution in [2.45, 2.75) is 18.4 Å². The van der Waals surface area contributed by atoms with Gasteiger partial charge < -0.3 is 25.0 Å². The molecule has 1 atom stereocenters. The van der Waals surface area contributed by atoms with Gasteiger partial charge in [-0.05, 0) is 39.9 Å². The maximum Gasteiger partial charge on any atom is 0.407 e. The Hall–Kier alpha value is -3.52. The van der Waals surface area contributed by atoms with Crippen molar-refractivity contribution >= 4 is 28.0 Å². The number of hydrogen-bond donors (Lipinski definition) is 3. The smallest absolute Gasteiger partial charge is 0.407 e. The summed E-state index contributed by atoms with van der Waals surface area (Å²) in [5.41, 5.74) is 4.85. The van der Waals surface area contributed by atoms with E-state index in [2.05, 4.69) is 21.2 Å². The van der Waals surface area contributed by atoms with Crippen molar-refractivity contribution in [3.63, 3.8) is 0 Å². The second-order valence-corrected chi connectivity index (χ2v) is 8.53. The standard InChI is InChI=1S/C25H22BrNO6/c1-32-23-12-20(26)14(11-22(23)28)10-21(24(29)30)27-25(31)33-13-19-17-8-4-2-6-15(17)16-7-3-5-9-18(16)19/h2-9,11-12,19,21,28H,10,13H2,1H3,(H,27,31)(H,29,30). The topological polar surface area (TPSA) is 105 Å². The molecule has 8 heteroatoms. The lowest BCUT2D eigenvalue weighted by Crippen LogP contribution is -2.43. The van der Waals surface area contributed by atoms with Crippen molar-refractivity contribution < 1.29 is 29.3 Å². The van der Waals surface area contributed by atoms with Gasteiger partial charge in [0.05, 0.1) is 7.11 Å². The van der Waals surface area contributed by atoms with Crippen LogP contribution in [0.25, 0.3) is 11.1 Å². The second-order valence-electron chi connectivity index (χ2n) is 7.68. The molecule has 0 saturated carbocycles. The molecule has 0 aromatic heterocycles. The molecule has 0 aliphatic heterocycles. The van der Waals surface area contributed by atoms with Crippen molar-refractivity contribution in [1.82, 2.24) is 5.32 Å². The number of amides is 1. The first-order valence-corrected chi connectivity index (χ1v) is 11.1. The van der Waals surface area contributed by atoms with Crippen LogP contribution in [0.5, 0.6) is 11.5 Å². The van der Waals surface area contributed by atoms with Crippen LogP contribution in [0.3, 0.4) is 0 Å². The van der Waals surface area contributed by atoms with Crippen LogP contribution >= 0.6 is 15.9 Å². The number of halogens is 1. The molecule has 1 unspecified atom stereocenters. The Labute approximate surface area is 199 Å². The summed E-state index contributed by atoms with van der Waals surface area (Å²) in [5.74, 6) is -1.22. The number of hydrogen-bond acceptors (Lipinski definition) is 5. The minimum absolute atomic E-state index is 0.0579. The number of aliphatic carboxylic acids is 1. The molecule has 1 aliphatic rings. The van der Waals surface area contributed by atoms with Gasteiger partial charge in [-0.3, -0.25) is 0 Å². The van der Waals surface area contributed by atoms with E-state index in [1.54, 1.807) is 0 Å². The van der Waals surface area contributed by atoms with Gasteiger partial charge in [0.1, 0.15) is 12.6 Å². The summed E-state index contributed by atoms with van der Waals surface area (Å²) in [6, 6.07) is 17.6. The van der Waals surface area contributed by atoms with Gasteiger partial charge in [0, 0.05) is 16.8 Å². The maximum absolute atomic E-state index is 12.5. The number of ether oxygens (including phenoxy) is 2. The SMILES string of the molecule is COc1cc(Br)c(CC(NC(=O)OCC2c3ccccc3-c3ccccc32)C(=O)O)cc1O. The van der Waals surface area contributed by atoms with Gasteiger partial charge in [-0.1, -0.05) is 64.5 Å². The van der Waals surface area contributed by atoms with E-state index in [9.17, 15) is 19.8 Å². The highest BCUT2D eigenvalue weighted by atomic mass is 79.9. The van der Waals surface area contributed by atoms with E-state index in [0.29, 0.717) is 10.0 Å². The summed E-state index contributed by atoms with van der Waals surface area (Å²) in [6.07, 6.45) is -0.879. The molecule has 33 heavy (non-hydrogen) atoms. The number of benzene rings is 3. The zero-order chi connectivity index (χ0) is 23.5. The summed E-state index contributed by atoms with van der Waals surface area (Å²) < 4.78 is 11.0. The van der Waals surface area contributed by atoms with E-state index in [1.165, 1.54) is 19.2 Å². The number of carbonyl (C=O) groups excluding carboxylic acids is 1. The number of nitrogens with one attached hydrogen (secondary N) is 1. The molecule has 3 aromatic carbocycles. The lowest BCUT2D eigenvalue weighted by molar-refractivity contribution is -0.139. The van der Waals surface area contributed by atoms with Crippen LogP contribution in [-0.4, -0.2) is 42.0 Å². The number of carboxylic acid groups (broad SMARTS) is 1. The summed E-state index contributed by atoms with van der Waals surface area (Å²) in [5, 5.41) is 22.0. The highest BCUT2D eigenvalue weighted by molar-refractivity contribution is 9.10. The van der Waals surface area contributed by atoms with Gasteiger partial charge in [0.2, 0.25) is 0 Å². The predicted octanol–water partition coefficient (Wildman–Crippen LogP) is 4.70. The lowest BCUT2D eigenvalue weighted by Gasteiger charge is -2.18. The Morgan fingerprint density at radius 2 is 1.67 bits per heavy atom. The molecule has 0 heterocycles. The van der Waals surface area contributed by atoms with E-state index in [1.807, 2.05) is 48.5 Å². The number of carboxylic acids is 1. The number of rotatable bonds is 7. The molecule has 0 spiro atoms. The summed E-state index contributed by atoms with van der Waals surface area (Å²) in [6.45, 7) is 0.0826. The number of alkyl carbamates (subject to hydrolysis) is 1. The molecular formula is C25H22BrNO6. The fourth-order valence-electron chi connectivity index (χ4n) is 4.11. The molecule has 170 valence electrons. The van der Waals surface area contributed by atoms with Gasteiger partial charge >= 0.3 is 12.1 Å². The fourth-order valence-corrected chi connectivity index (χ4v) is 4.59. The molecule has 3 aromatic rings. The van der Waals surface area contributed by atoms with Gasteiger partial charge in [-0.15, -0.1) is 0 Å². The molecule has 0 bridgehead atoms. The quantitative estimate of drug-likeness (QED) is 0.424. The first-order valence-electron chi connectivity index (χ1n) is 10.3. The zero-order valence-electron chi connectivity index (χ0n) is 17.7. The van der Waals surface area contributed by atoms with E-state index in [0.717, 1.165) is 22.3 Å². The first kappa shape index (κ1) is 22.7. The van der Waals surface area contributed by atoms with Crippen LogP contribution in [0.1, 0.15) is 22.6 Å². The lowest BCUT2D eigenvalue weighted by atomic mass is 9.98. The normalized spacial score (nSPS) is 13.0. The number of methoxy groups -OCH3 is 1. The Bertz CT molecular complexity index is 1170. The Morgan fingerprint density at radius 1 is 1.06 bits per heavy atom. The van der Waals surface area contributed by atoms with Crippen LogP contribution in [0.15, 0.2) is 65.1 Å². The molecule has 0 fully saturated rings. The van der Waals surface area contributed by atoms with E-state index in [4.69, 9.17) is 9.47 Å². The monoisotopic (exact) mass is 511 g/mol. The molecular weight excluding hydrogens is 490 g/mol. The Balaban J connectivity index is 1.45. The molecule has 4 rings (SSSR count). The third-order valence-corrected chi connectivity index (χ3v) is 6.44. The van der Waals surface area contributed by atoms with E-state index in [-0.39, 0.29) is 30.4 Å². The van der Waals surface area contributed by atoms with Gasteiger partial charge in [-0.25, -0.2) is 9.59 Å². The predicted molar refractivity (Wildman–Crippen MR) is 126 cm³/mol. The minimum Gasteiger partial charge on any atom is -0.504 e. The number of aromatic hydroxyl groups is 1. The molecule has 0 radical (unpaired) electrons. The first-order chi connectivity index (χ1) is 15.9. The molecule has 7 nitrogen and oxygen atoms in total. The molecule has 0 saturated heterocycles. The van der Waals surface area contributed by atoms with Gasteiger partial charge in [0.25, 0.3) is 0 Å². The van der Waals surface area contributed by atoms with Crippen LogP contribution in [-0.2, 0) is 16.0 Å². The minimum atomic E-state index is -1.25. The number of fused-ring (bicyclic) bond motifs is 3. The van der Waals surface area contributed by atoms with Crippen molar-refractivity contribution in [3.05, 3.63) is 81.8 Å². The van der Waals surface area contributed by atoms with Crippen LogP contribution in [0.4, 0.5) is 4.79 Å². The third kappa shape index (κ3) is 4.66. The summed E-state index contributed by atoms with van der Waals surface area (Å²) >= 11 is 3.34. The number of phenolic OH excluding ortho intramolecular Hbond substituents is 1. The van der Waals surface area contributed by atoms with Crippen molar-refractivity contribution in [2.24, 2.45) is 0 Å². The van der Waals surface area contributed by atoms with E-state index < -0.39 is 18.1 Å². The summed E-state index contributed by atoms with van der Waals surface area (Å²) in [4.78, 5) is 24.3. The average molecular weight is 512 g/mol. The fraction of sp³-hybridized carbons (Fsp3) is 0.200.